The second-order valence-electron chi connectivity index (χ2n) is 5.11. The molecule has 10 heteroatoms. The van der Waals surface area contributed by atoms with Crippen molar-refractivity contribution >= 4 is 17.3 Å². The van der Waals surface area contributed by atoms with Gasteiger partial charge in [0.05, 0.1) is 16.9 Å². The van der Waals surface area contributed by atoms with Crippen molar-refractivity contribution in [2.24, 2.45) is 5.92 Å². The molecular formula is C13H16F3N3O4. The molecule has 23 heavy (non-hydrogen) atoms. The fourth-order valence-electron chi connectivity index (χ4n) is 1.59. The first-order chi connectivity index (χ1) is 10.5. The average molecular weight is 335 g/mol. The lowest BCUT2D eigenvalue weighted by molar-refractivity contribution is -0.384. The van der Waals surface area contributed by atoms with Crippen LogP contribution in [0.4, 0.5) is 24.5 Å². The van der Waals surface area contributed by atoms with Crippen LogP contribution in [0.5, 0.6) is 0 Å². The highest BCUT2D eigenvalue weighted by Gasteiger charge is 2.34. The van der Waals surface area contributed by atoms with E-state index in [4.69, 9.17) is 4.74 Å². The quantitative estimate of drug-likeness (QED) is 0.488. The number of anilines is 1. The Morgan fingerprint density at radius 3 is 2.52 bits per heavy atom. The Morgan fingerprint density at radius 1 is 1.43 bits per heavy atom. The van der Waals surface area contributed by atoms with Crippen LogP contribution in [0.3, 0.4) is 0 Å². The number of halogens is 3. The van der Waals surface area contributed by atoms with E-state index in [9.17, 15) is 28.1 Å². The van der Waals surface area contributed by atoms with Gasteiger partial charge in [-0.1, -0.05) is 6.92 Å². The molecule has 0 saturated carbocycles. The Hall–Kier alpha value is -2.39. The summed E-state index contributed by atoms with van der Waals surface area (Å²) in [6, 6.07) is 0.540. The number of pyridine rings is 1. The zero-order valence-corrected chi connectivity index (χ0v) is 12.7. The molecule has 0 radical (unpaired) electrons. The number of nitrogens with zero attached hydrogens (tertiary/aromatic N) is 2. The van der Waals surface area contributed by atoms with Gasteiger partial charge in [-0.15, -0.1) is 0 Å². The average Bonchev–Trinajstić information content (AvgIpc) is 2.42. The summed E-state index contributed by atoms with van der Waals surface area (Å²) >= 11 is 0. The number of ether oxygens (including phenoxy) is 1. The summed E-state index contributed by atoms with van der Waals surface area (Å²) in [5.41, 5.74) is -2.23. The SMILES string of the molecule is CC(C)OC(=O)C(C)CNc1cc(C(F)(F)F)ncc1[N+](=O)[O-]. The van der Waals surface area contributed by atoms with Crippen molar-refractivity contribution < 1.29 is 27.6 Å². The highest BCUT2D eigenvalue weighted by Crippen LogP contribution is 2.32. The van der Waals surface area contributed by atoms with E-state index in [0.717, 1.165) is 0 Å². The molecule has 7 nitrogen and oxygen atoms in total. The van der Waals surface area contributed by atoms with Crippen LogP contribution in [-0.4, -0.2) is 28.5 Å². The number of nitrogens with one attached hydrogen (secondary N) is 1. The van der Waals surface area contributed by atoms with Crippen molar-refractivity contribution in [3.63, 3.8) is 0 Å². The Morgan fingerprint density at radius 2 is 2.04 bits per heavy atom. The number of hydrogen-bond donors (Lipinski definition) is 1. The molecule has 1 atom stereocenters. The molecule has 0 spiro atoms. The maximum atomic E-state index is 12.6. The van der Waals surface area contributed by atoms with E-state index in [0.29, 0.717) is 12.3 Å². The van der Waals surface area contributed by atoms with Crippen LogP contribution in [0.25, 0.3) is 0 Å². The smallest absolute Gasteiger partial charge is 0.433 e. The predicted molar refractivity (Wildman–Crippen MR) is 74.8 cm³/mol. The maximum absolute atomic E-state index is 12.6. The number of nitro groups is 1. The third kappa shape index (κ3) is 5.38. The largest absolute Gasteiger partial charge is 0.463 e. The van der Waals surface area contributed by atoms with E-state index < -0.39 is 34.4 Å². The minimum absolute atomic E-state index is 0.117. The summed E-state index contributed by atoms with van der Waals surface area (Å²) in [7, 11) is 0. The number of rotatable bonds is 6. The molecule has 0 aliphatic heterocycles. The van der Waals surface area contributed by atoms with Crippen molar-refractivity contribution in [3.05, 3.63) is 28.1 Å². The van der Waals surface area contributed by atoms with Crippen LogP contribution in [0.1, 0.15) is 26.5 Å². The number of hydrogen-bond acceptors (Lipinski definition) is 6. The van der Waals surface area contributed by atoms with E-state index in [1.165, 1.54) is 6.92 Å². The van der Waals surface area contributed by atoms with Gasteiger partial charge in [0.15, 0.2) is 0 Å². The van der Waals surface area contributed by atoms with E-state index in [-0.39, 0.29) is 18.3 Å². The summed E-state index contributed by atoms with van der Waals surface area (Å²) in [5.74, 6) is -1.25. The zero-order chi connectivity index (χ0) is 17.8. The summed E-state index contributed by atoms with van der Waals surface area (Å²) in [4.78, 5) is 24.7. The maximum Gasteiger partial charge on any atom is 0.433 e. The fourth-order valence-corrected chi connectivity index (χ4v) is 1.59. The van der Waals surface area contributed by atoms with Crippen molar-refractivity contribution in [3.8, 4) is 0 Å². The minimum atomic E-state index is -4.73. The van der Waals surface area contributed by atoms with Crippen LogP contribution in [0.15, 0.2) is 12.3 Å². The Balaban J connectivity index is 2.93. The molecule has 1 aromatic heterocycles. The molecule has 0 saturated heterocycles. The topological polar surface area (TPSA) is 94.4 Å². The molecule has 0 aromatic carbocycles. The van der Waals surface area contributed by atoms with Gasteiger partial charge in [-0.25, -0.2) is 4.98 Å². The van der Waals surface area contributed by atoms with Gasteiger partial charge in [0.2, 0.25) is 0 Å². The number of esters is 1. The summed E-state index contributed by atoms with van der Waals surface area (Å²) < 4.78 is 42.9. The van der Waals surface area contributed by atoms with Gasteiger partial charge >= 0.3 is 17.8 Å². The molecular weight excluding hydrogens is 319 g/mol. The van der Waals surface area contributed by atoms with Crippen LogP contribution < -0.4 is 5.32 Å². The summed E-state index contributed by atoms with van der Waals surface area (Å²) in [6.07, 6.45) is -4.53. The molecule has 1 unspecified atom stereocenters. The van der Waals surface area contributed by atoms with Crippen molar-refractivity contribution in [1.82, 2.24) is 4.98 Å². The third-order valence-electron chi connectivity index (χ3n) is 2.72. The summed E-state index contributed by atoms with van der Waals surface area (Å²) in [6.45, 7) is 4.69. The molecule has 1 heterocycles. The van der Waals surface area contributed by atoms with E-state index in [2.05, 4.69) is 10.3 Å². The van der Waals surface area contributed by atoms with Gasteiger partial charge in [-0.2, -0.15) is 13.2 Å². The van der Waals surface area contributed by atoms with Crippen molar-refractivity contribution in [2.75, 3.05) is 11.9 Å². The lowest BCUT2D eigenvalue weighted by Gasteiger charge is -2.15. The second-order valence-corrected chi connectivity index (χ2v) is 5.11. The van der Waals surface area contributed by atoms with Gasteiger partial charge in [0, 0.05) is 6.54 Å². The molecule has 0 aliphatic rings. The number of carbonyl (C=O) groups excluding carboxylic acids is 1. The number of aromatic nitrogens is 1. The van der Waals surface area contributed by atoms with E-state index in [1.54, 1.807) is 13.8 Å². The third-order valence-corrected chi connectivity index (χ3v) is 2.72. The van der Waals surface area contributed by atoms with Gasteiger partial charge < -0.3 is 10.1 Å². The Bertz CT molecular complexity index is 590. The Labute approximate surface area is 130 Å². The molecule has 1 rings (SSSR count). The van der Waals surface area contributed by atoms with E-state index >= 15 is 0 Å². The molecule has 1 N–H and O–H groups in total. The summed E-state index contributed by atoms with van der Waals surface area (Å²) in [5, 5.41) is 13.3. The molecule has 0 aliphatic carbocycles. The molecule has 1 aromatic rings. The first kappa shape index (κ1) is 18.7. The second kappa shape index (κ2) is 7.25. The minimum Gasteiger partial charge on any atom is -0.463 e. The van der Waals surface area contributed by atoms with Gasteiger partial charge in [0.1, 0.15) is 17.6 Å². The normalized spacial score (nSPS) is 12.8. The molecule has 0 fully saturated rings. The van der Waals surface area contributed by atoms with Crippen molar-refractivity contribution in [2.45, 2.75) is 33.1 Å². The van der Waals surface area contributed by atoms with E-state index in [1.807, 2.05) is 0 Å². The van der Waals surface area contributed by atoms with Gasteiger partial charge in [0.25, 0.3) is 0 Å². The predicted octanol–water partition coefficient (Wildman–Crippen LogP) is 3.01. The first-order valence-electron chi connectivity index (χ1n) is 6.68. The first-order valence-corrected chi connectivity index (χ1v) is 6.68. The monoisotopic (exact) mass is 335 g/mol. The van der Waals surface area contributed by atoms with Crippen LogP contribution in [-0.2, 0) is 15.7 Å². The van der Waals surface area contributed by atoms with Gasteiger partial charge in [-0.3, -0.25) is 14.9 Å². The highest BCUT2D eigenvalue weighted by molar-refractivity contribution is 5.73. The fraction of sp³-hybridized carbons (Fsp3) is 0.538. The molecule has 0 bridgehead atoms. The van der Waals surface area contributed by atoms with Crippen LogP contribution in [0.2, 0.25) is 0 Å². The lowest BCUT2D eigenvalue weighted by atomic mass is 10.1. The number of alkyl halides is 3. The number of carbonyl (C=O) groups is 1. The zero-order valence-electron chi connectivity index (χ0n) is 12.7. The Kier molecular flexibility index (Phi) is 5.88. The highest BCUT2D eigenvalue weighted by atomic mass is 19.4. The van der Waals surface area contributed by atoms with Crippen LogP contribution in [0, 0.1) is 16.0 Å². The van der Waals surface area contributed by atoms with Gasteiger partial charge in [-0.05, 0) is 19.9 Å². The van der Waals surface area contributed by atoms with Crippen molar-refractivity contribution in [1.29, 1.82) is 0 Å². The lowest BCUT2D eigenvalue weighted by Crippen LogP contribution is -2.25. The molecule has 128 valence electrons. The standard InChI is InChI=1S/C13H16F3N3O4/c1-7(2)23-12(20)8(3)5-17-9-4-11(13(14,15)16)18-6-10(9)19(21)22/h4,6-8H,5H2,1-3H3,(H,17,18). The van der Waals surface area contributed by atoms with Crippen LogP contribution >= 0.6 is 0 Å². The molecule has 0 amide bonds.